The van der Waals surface area contributed by atoms with Gasteiger partial charge in [-0.1, -0.05) is 6.08 Å². The first kappa shape index (κ1) is 12.5. The van der Waals surface area contributed by atoms with E-state index in [9.17, 15) is 0 Å². The van der Waals surface area contributed by atoms with Gasteiger partial charge in [0.05, 0.1) is 5.57 Å². The molecular formula is C11H10N4. The van der Waals surface area contributed by atoms with Crippen LogP contribution in [0.5, 0.6) is 0 Å². The molecule has 0 aliphatic rings. The highest BCUT2D eigenvalue weighted by atomic mass is 15.0. The lowest BCUT2D eigenvalue weighted by atomic mass is 10.1. The van der Waals surface area contributed by atoms with Gasteiger partial charge in [-0.2, -0.15) is 15.8 Å². The molecule has 0 rings (SSSR count). The highest BCUT2D eigenvalue weighted by molar-refractivity contribution is 5.51. The molecule has 0 amide bonds. The van der Waals surface area contributed by atoms with Gasteiger partial charge in [-0.3, -0.25) is 0 Å². The maximum Gasteiger partial charge on any atom is 0.147 e. The van der Waals surface area contributed by atoms with Gasteiger partial charge in [-0.15, -0.1) is 0 Å². The van der Waals surface area contributed by atoms with Gasteiger partial charge in [0.2, 0.25) is 0 Å². The molecule has 4 nitrogen and oxygen atoms in total. The largest absolute Gasteiger partial charge is 0.383 e. The average molecular weight is 198 g/mol. The zero-order chi connectivity index (χ0) is 11.7. The number of nitriles is 3. The summed E-state index contributed by atoms with van der Waals surface area (Å²) in [5.41, 5.74) is -0.101. The van der Waals surface area contributed by atoms with Crippen molar-refractivity contribution in [2.45, 2.75) is 0 Å². The summed E-state index contributed by atoms with van der Waals surface area (Å²) >= 11 is 0. The summed E-state index contributed by atoms with van der Waals surface area (Å²) in [5, 5.41) is 25.7. The first-order valence-electron chi connectivity index (χ1n) is 4.11. The van der Waals surface area contributed by atoms with Crippen LogP contribution in [-0.4, -0.2) is 19.0 Å². The molecule has 0 unspecified atom stereocenters. The van der Waals surface area contributed by atoms with Crippen LogP contribution in [0.25, 0.3) is 0 Å². The Balaban J connectivity index is 4.81. The first-order valence-corrected chi connectivity index (χ1v) is 4.11. The smallest absolute Gasteiger partial charge is 0.147 e. The second-order valence-corrected chi connectivity index (χ2v) is 2.79. The van der Waals surface area contributed by atoms with Crippen LogP contribution < -0.4 is 0 Å². The molecule has 4 heteroatoms. The molecule has 0 fully saturated rings. The van der Waals surface area contributed by atoms with Crippen LogP contribution in [0.3, 0.4) is 0 Å². The molecular weight excluding hydrogens is 188 g/mol. The van der Waals surface area contributed by atoms with Crippen molar-refractivity contribution in [3.05, 3.63) is 35.6 Å². The van der Waals surface area contributed by atoms with E-state index < -0.39 is 0 Å². The van der Waals surface area contributed by atoms with Crippen LogP contribution in [0.2, 0.25) is 0 Å². The van der Waals surface area contributed by atoms with E-state index in [1.54, 1.807) is 36.6 Å². The Labute approximate surface area is 89.3 Å². The monoisotopic (exact) mass is 198 g/mol. The zero-order valence-electron chi connectivity index (χ0n) is 8.60. The van der Waals surface area contributed by atoms with Crippen LogP contribution in [0.15, 0.2) is 35.6 Å². The van der Waals surface area contributed by atoms with Crippen molar-refractivity contribution in [3.8, 4) is 18.2 Å². The van der Waals surface area contributed by atoms with Crippen molar-refractivity contribution in [3.63, 3.8) is 0 Å². The fourth-order valence-corrected chi connectivity index (χ4v) is 0.696. The standard InChI is InChI=1S/C11H10N4/c1-15(2)6-4-3-5-10(7-12)11(8-13)9-14/h3-6H,1-2H3/b5-3+,6-4+. The Hall–Kier alpha value is -2.51. The lowest BCUT2D eigenvalue weighted by molar-refractivity contribution is 0.564. The molecule has 0 aromatic rings. The lowest BCUT2D eigenvalue weighted by Crippen LogP contribution is -1.99. The minimum Gasteiger partial charge on any atom is -0.383 e. The van der Waals surface area contributed by atoms with Crippen molar-refractivity contribution in [2.75, 3.05) is 14.1 Å². The molecule has 0 aromatic heterocycles. The molecule has 0 saturated heterocycles. The van der Waals surface area contributed by atoms with Gasteiger partial charge in [0.25, 0.3) is 0 Å². The van der Waals surface area contributed by atoms with E-state index in [-0.39, 0.29) is 11.1 Å². The predicted molar refractivity (Wildman–Crippen MR) is 55.8 cm³/mol. The summed E-state index contributed by atoms with van der Waals surface area (Å²) in [5.74, 6) is 0. The Morgan fingerprint density at radius 1 is 1.00 bits per heavy atom. The predicted octanol–water partition coefficient (Wildman–Crippen LogP) is 1.49. The third-order valence-corrected chi connectivity index (χ3v) is 1.37. The van der Waals surface area contributed by atoms with E-state index >= 15 is 0 Å². The topological polar surface area (TPSA) is 74.6 Å². The number of hydrogen-bond acceptors (Lipinski definition) is 4. The van der Waals surface area contributed by atoms with Crippen LogP contribution in [0.4, 0.5) is 0 Å². The van der Waals surface area contributed by atoms with Crippen molar-refractivity contribution in [1.82, 2.24) is 4.90 Å². The molecule has 0 aliphatic heterocycles. The Bertz CT molecular complexity index is 403. The van der Waals surface area contributed by atoms with Gasteiger partial charge in [0.1, 0.15) is 23.8 Å². The highest BCUT2D eigenvalue weighted by Crippen LogP contribution is 2.03. The van der Waals surface area contributed by atoms with Gasteiger partial charge in [0.15, 0.2) is 0 Å². The summed E-state index contributed by atoms with van der Waals surface area (Å²) in [7, 11) is 3.72. The number of rotatable bonds is 3. The molecule has 15 heavy (non-hydrogen) atoms. The van der Waals surface area contributed by atoms with Gasteiger partial charge in [-0.05, 0) is 18.4 Å². The van der Waals surface area contributed by atoms with Gasteiger partial charge in [0, 0.05) is 14.1 Å². The van der Waals surface area contributed by atoms with Crippen LogP contribution >= 0.6 is 0 Å². The minimum atomic E-state index is -0.174. The van der Waals surface area contributed by atoms with E-state index in [4.69, 9.17) is 15.8 Å². The summed E-state index contributed by atoms with van der Waals surface area (Å²) in [6.07, 6.45) is 6.53. The van der Waals surface area contributed by atoms with Crippen molar-refractivity contribution < 1.29 is 0 Å². The first-order chi connectivity index (χ1) is 7.15. The van der Waals surface area contributed by atoms with Crippen molar-refractivity contribution in [2.24, 2.45) is 0 Å². The number of hydrogen-bond donors (Lipinski definition) is 0. The molecule has 0 radical (unpaired) electrons. The molecule has 0 N–H and O–H groups in total. The molecule has 0 aromatic carbocycles. The third-order valence-electron chi connectivity index (χ3n) is 1.37. The van der Waals surface area contributed by atoms with Crippen LogP contribution in [-0.2, 0) is 0 Å². The van der Waals surface area contributed by atoms with Gasteiger partial charge < -0.3 is 4.90 Å². The summed E-state index contributed by atoms with van der Waals surface area (Å²) in [4.78, 5) is 1.83. The van der Waals surface area contributed by atoms with Crippen LogP contribution in [0.1, 0.15) is 0 Å². The fourth-order valence-electron chi connectivity index (χ4n) is 0.696. The van der Waals surface area contributed by atoms with E-state index in [0.717, 1.165) is 0 Å². The molecule has 0 saturated carbocycles. The van der Waals surface area contributed by atoms with E-state index in [0.29, 0.717) is 0 Å². The summed E-state index contributed by atoms with van der Waals surface area (Å²) in [6, 6.07) is 5.12. The quantitative estimate of drug-likeness (QED) is 0.508. The van der Waals surface area contributed by atoms with Crippen molar-refractivity contribution in [1.29, 1.82) is 15.8 Å². The second-order valence-electron chi connectivity index (χ2n) is 2.79. The fraction of sp³-hybridized carbons (Fsp3) is 0.182. The Kier molecular flexibility index (Phi) is 5.79. The molecule has 0 bridgehead atoms. The van der Waals surface area contributed by atoms with E-state index in [2.05, 4.69) is 0 Å². The number of nitrogens with zero attached hydrogens (tertiary/aromatic N) is 4. The summed E-state index contributed by atoms with van der Waals surface area (Å²) < 4.78 is 0. The van der Waals surface area contributed by atoms with Crippen LogP contribution in [0, 0.1) is 34.0 Å². The molecule has 0 aliphatic carbocycles. The zero-order valence-corrected chi connectivity index (χ0v) is 8.60. The average Bonchev–Trinajstić information content (AvgIpc) is 2.22. The SMILES string of the molecule is CN(C)/C=C/C=C/C(C#N)=C(C#N)C#N. The van der Waals surface area contributed by atoms with Crippen molar-refractivity contribution >= 4 is 0 Å². The number of allylic oxidation sites excluding steroid dienone is 5. The molecule has 74 valence electrons. The molecule has 0 spiro atoms. The van der Waals surface area contributed by atoms with Gasteiger partial charge >= 0.3 is 0 Å². The van der Waals surface area contributed by atoms with E-state index in [1.807, 2.05) is 19.0 Å². The maximum atomic E-state index is 8.67. The Morgan fingerprint density at radius 2 is 1.60 bits per heavy atom. The molecule has 0 heterocycles. The third kappa shape index (κ3) is 4.93. The second kappa shape index (κ2) is 6.95. The van der Waals surface area contributed by atoms with Gasteiger partial charge in [-0.25, -0.2) is 0 Å². The lowest BCUT2D eigenvalue weighted by Gasteiger charge is -2.00. The van der Waals surface area contributed by atoms with E-state index in [1.165, 1.54) is 6.08 Å². The maximum absolute atomic E-state index is 8.67. The summed E-state index contributed by atoms with van der Waals surface area (Å²) in [6.45, 7) is 0. The Morgan fingerprint density at radius 3 is 2.00 bits per heavy atom. The molecule has 0 atom stereocenters. The normalized spacial score (nSPS) is 9.27. The highest BCUT2D eigenvalue weighted by Gasteiger charge is 1.99. The minimum absolute atomic E-state index is 0.0726.